The lowest BCUT2D eigenvalue weighted by Gasteiger charge is -2.16. The van der Waals surface area contributed by atoms with Crippen molar-refractivity contribution >= 4 is 40.5 Å². The molecule has 0 bridgehead atoms. The van der Waals surface area contributed by atoms with Crippen molar-refractivity contribution in [2.24, 2.45) is 0 Å². The summed E-state index contributed by atoms with van der Waals surface area (Å²) in [6, 6.07) is 15.2. The summed E-state index contributed by atoms with van der Waals surface area (Å²) >= 11 is 17.9. The van der Waals surface area contributed by atoms with Gasteiger partial charge in [0, 0.05) is 11.3 Å². The van der Waals surface area contributed by atoms with Gasteiger partial charge in [-0.15, -0.1) is 0 Å². The van der Waals surface area contributed by atoms with Crippen LogP contribution in [0, 0.1) is 0 Å². The number of rotatable bonds is 2. The predicted molar refractivity (Wildman–Crippen MR) is 79.3 cm³/mol. The van der Waals surface area contributed by atoms with Gasteiger partial charge in [-0.2, -0.15) is 0 Å². The molecule has 94 valence electrons. The molecular formula is C14H12Cl3N. The fourth-order valence-corrected chi connectivity index (χ4v) is 2.40. The van der Waals surface area contributed by atoms with Crippen LogP contribution in [-0.4, -0.2) is 0 Å². The fraction of sp³-hybridized carbons (Fsp3) is 0.143. The van der Waals surface area contributed by atoms with Crippen LogP contribution in [0.4, 0.5) is 5.69 Å². The Balaban J connectivity index is 2.39. The van der Waals surface area contributed by atoms with Gasteiger partial charge in [-0.3, -0.25) is 0 Å². The first-order valence-electron chi connectivity index (χ1n) is 5.47. The van der Waals surface area contributed by atoms with Crippen LogP contribution in [-0.2, 0) is 10.2 Å². The highest BCUT2D eigenvalue weighted by Crippen LogP contribution is 2.40. The number of nitrogen functional groups attached to an aromatic ring is 1. The molecule has 0 saturated heterocycles. The summed E-state index contributed by atoms with van der Waals surface area (Å²) in [7, 11) is 0. The molecule has 0 atom stereocenters. The quantitative estimate of drug-likeness (QED) is 0.632. The molecule has 0 aliphatic rings. The third kappa shape index (κ3) is 3.11. The molecule has 2 aromatic rings. The molecule has 0 fully saturated rings. The lowest BCUT2D eigenvalue weighted by atomic mass is 9.99. The first-order valence-corrected chi connectivity index (χ1v) is 6.60. The second kappa shape index (κ2) is 5.40. The Hall–Kier alpha value is -0.890. The third-order valence-electron chi connectivity index (χ3n) is 2.76. The molecule has 0 spiro atoms. The Morgan fingerprint density at radius 1 is 0.833 bits per heavy atom. The minimum atomic E-state index is -1.42. The number of nitrogens with two attached hydrogens (primary N) is 1. The highest BCUT2D eigenvalue weighted by atomic mass is 35.6. The van der Waals surface area contributed by atoms with Crippen molar-refractivity contribution in [2.45, 2.75) is 10.2 Å². The van der Waals surface area contributed by atoms with Crippen molar-refractivity contribution < 1.29 is 0 Å². The van der Waals surface area contributed by atoms with E-state index < -0.39 is 3.79 Å². The van der Waals surface area contributed by atoms with E-state index in [0.29, 0.717) is 12.0 Å². The summed E-state index contributed by atoms with van der Waals surface area (Å²) in [5, 5.41) is 0. The van der Waals surface area contributed by atoms with Gasteiger partial charge in [0.05, 0.1) is 0 Å². The predicted octanol–water partition coefficient (Wildman–Crippen LogP) is 4.69. The molecule has 0 amide bonds. The van der Waals surface area contributed by atoms with Crippen LogP contribution < -0.4 is 5.73 Å². The van der Waals surface area contributed by atoms with Crippen molar-refractivity contribution in [1.29, 1.82) is 0 Å². The standard InChI is InChI=1S/C14H12Cl3N/c15-14(16,17)12-7-3-1-5-10(12)9-11-6-2-4-8-13(11)18/h1-8H,9,18H2. The number of hydrogen-bond acceptors (Lipinski definition) is 1. The number of benzene rings is 2. The Morgan fingerprint density at radius 3 is 2.00 bits per heavy atom. The maximum absolute atomic E-state index is 5.97. The van der Waals surface area contributed by atoms with E-state index in [4.69, 9.17) is 40.5 Å². The van der Waals surface area contributed by atoms with Crippen LogP contribution >= 0.6 is 34.8 Å². The second-order valence-corrected chi connectivity index (χ2v) is 6.31. The summed E-state index contributed by atoms with van der Waals surface area (Å²) in [5.41, 5.74) is 9.36. The molecule has 1 nitrogen and oxygen atoms in total. The van der Waals surface area contributed by atoms with E-state index in [1.165, 1.54) is 0 Å². The summed E-state index contributed by atoms with van der Waals surface area (Å²) in [6.07, 6.45) is 0.650. The zero-order valence-electron chi connectivity index (χ0n) is 9.54. The zero-order chi connectivity index (χ0) is 13.2. The molecule has 0 saturated carbocycles. The minimum Gasteiger partial charge on any atom is -0.398 e. The first kappa shape index (κ1) is 13.5. The topological polar surface area (TPSA) is 26.0 Å². The van der Waals surface area contributed by atoms with E-state index in [2.05, 4.69) is 0 Å². The van der Waals surface area contributed by atoms with Gasteiger partial charge in [0.1, 0.15) is 0 Å². The SMILES string of the molecule is Nc1ccccc1Cc1ccccc1C(Cl)(Cl)Cl. The highest BCUT2D eigenvalue weighted by Gasteiger charge is 2.25. The second-order valence-electron chi connectivity index (χ2n) is 4.03. The van der Waals surface area contributed by atoms with E-state index in [9.17, 15) is 0 Å². The maximum atomic E-state index is 5.97. The smallest absolute Gasteiger partial charge is 0.216 e. The minimum absolute atomic E-state index is 0.650. The van der Waals surface area contributed by atoms with E-state index in [1.807, 2.05) is 48.5 Å². The lowest BCUT2D eigenvalue weighted by molar-refractivity contribution is 1.10. The fourth-order valence-electron chi connectivity index (χ4n) is 1.85. The van der Waals surface area contributed by atoms with Crippen molar-refractivity contribution in [3.63, 3.8) is 0 Å². The van der Waals surface area contributed by atoms with Gasteiger partial charge in [0.15, 0.2) is 0 Å². The summed E-state index contributed by atoms with van der Waals surface area (Å²) in [6.45, 7) is 0. The average Bonchev–Trinajstić information content (AvgIpc) is 2.31. The van der Waals surface area contributed by atoms with Gasteiger partial charge in [0.25, 0.3) is 0 Å². The van der Waals surface area contributed by atoms with Crippen LogP contribution in [0.15, 0.2) is 48.5 Å². The third-order valence-corrected chi connectivity index (χ3v) is 3.37. The van der Waals surface area contributed by atoms with Crippen molar-refractivity contribution in [3.05, 3.63) is 65.2 Å². The number of para-hydroxylation sites is 1. The largest absolute Gasteiger partial charge is 0.398 e. The summed E-state index contributed by atoms with van der Waals surface area (Å²) in [4.78, 5) is 0. The molecule has 2 rings (SSSR count). The van der Waals surface area contributed by atoms with Crippen LogP contribution in [0.5, 0.6) is 0 Å². The van der Waals surface area contributed by atoms with Gasteiger partial charge < -0.3 is 5.73 Å². The van der Waals surface area contributed by atoms with Gasteiger partial charge in [0.2, 0.25) is 3.79 Å². The normalized spacial score (nSPS) is 11.5. The Labute approximate surface area is 121 Å². The molecule has 0 aromatic heterocycles. The molecule has 2 N–H and O–H groups in total. The average molecular weight is 301 g/mol. The zero-order valence-corrected chi connectivity index (χ0v) is 11.8. The van der Waals surface area contributed by atoms with Crippen molar-refractivity contribution in [2.75, 3.05) is 5.73 Å². The van der Waals surface area contributed by atoms with Crippen molar-refractivity contribution in [1.82, 2.24) is 0 Å². The monoisotopic (exact) mass is 299 g/mol. The van der Waals surface area contributed by atoms with E-state index in [-0.39, 0.29) is 0 Å². The molecule has 0 radical (unpaired) electrons. The Kier molecular flexibility index (Phi) is 4.06. The molecule has 0 aliphatic heterocycles. The number of alkyl halides is 3. The summed E-state index contributed by atoms with van der Waals surface area (Å²) < 4.78 is -1.42. The molecule has 2 aromatic carbocycles. The molecular weight excluding hydrogens is 289 g/mol. The van der Waals surface area contributed by atoms with Gasteiger partial charge in [-0.1, -0.05) is 77.3 Å². The van der Waals surface area contributed by atoms with Crippen molar-refractivity contribution in [3.8, 4) is 0 Å². The van der Waals surface area contributed by atoms with Crippen LogP contribution in [0.25, 0.3) is 0 Å². The lowest BCUT2D eigenvalue weighted by Crippen LogP contribution is -2.06. The van der Waals surface area contributed by atoms with E-state index in [1.54, 1.807) is 0 Å². The van der Waals surface area contributed by atoms with Crippen LogP contribution in [0.3, 0.4) is 0 Å². The van der Waals surface area contributed by atoms with Gasteiger partial charge >= 0.3 is 0 Å². The van der Waals surface area contributed by atoms with E-state index in [0.717, 1.165) is 16.8 Å². The number of anilines is 1. The van der Waals surface area contributed by atoms with Gasteiger partial charge in [-0.25, -0.2) is 0 Å². The molecule has 0 heterocycles. The maximum Gasteiger partial charge on any atom is 0.216 e. The first-order chi connectivity index (χ1) is 8.48. The summed E-state index contributed by atoms with van der Waals surface area (Å²) in [5.74, 6) is 0. The molecule has 0 unspecified atom stereocenters. The molecule has 4 heteroatoms. The van der Waals surface area contributed by atoms with Crippen LogP contribution in [0.1, 0.15) is 16.7 Å². The van der Waals surface area contributed by atoms with E-state index >= 15 is 0 Å². The Morgan fingerprint density at radius 2 is 1.39 bits per heavy atom. The molecule has 18 heavy (non-hydrogen) atoms. The number of halogens is 3. The Bertz CT molecular complexity index is 547. The van der Waals surface area contributed by atoms with Crippen LogP contribution in [0.2, 0.25) is 0 Å². The van der Waals surface area contributed by atoms with Gasteiger partial charge in [-0.05, 0) is 23.6 Å². The molecule has 0 aliphatic carbocycles. The highest BCUT2D eigenvalue weighted by molar-refractivity contribution is 6.66. The number of hydrogen-bond donors (Lipinski definition) is 1.